The Labute approximate surface area is 162 Å². The third kappa shape index (κ3) is 3.67. The van der Waals surface area contributed by atoms with Gasteiger partial charge in [0.15, 0.2) is 11.2 Å². The van der Waals surface area contributed by atoms with Gasteiger partial charge in [-0.2, -0.15) is 0 Å². The monoisotopic (exact) mass is 380 g/mol. The molecule has 1 aliphatic rings. The first-order valence-corrected chi connectivity index (χ1v) is 9.76. The number of hydrogen-bond donors (Lipinski definition) is 0. The van der Waals surface area contributed by atoms with Crippen LogP contribution in [0.1, 0.15) is 25.3 Å². The summed E-state index contributed by atoms with van der Waals surface area (Å²) in [6.07, 6.45) is 4.44. The molecule has 0 unspecified atom stereocenters. The molecule has 0 aliphatic carbocycles. The molecule has 0 atom stereocenters. The van der Waals surface area contributed by atoms with E-state index in [-0.39, 0.29) is 23.5 Å². The Kier molecular flexibility index (Phi) is 5.18. The minimum atomic E-state index is -0.322. The molecule has 3 aromatic rings. The molecule has 8 heteroatoms. The molecule has 28 heavy (non-hydrogen) atoms. The molecule has 1 amide bonds. The SMILES string of the molecule is CCn1nnc2c(=O)n(CC(=O)N3CCC(Cc4ccccc4)CC3)cnc21. The summed E-state index contributed by atoms with van der Waals surface area (Å²) in [5, 5.41) is 7.83. The van der Waals surface area contributed by atoms with E-state index < -0.39 is 0 Å². The van der Waals surface area contributed by atoms with Crippen molar-refractivity contribution in [3.63, 3.8) is 0 Å². The van der Waals surface area contributed by atoms with E-state index in [1.165, 1.54) is 16.5 Å². The van der Waals surface area contributed by atoms with Crippen molar-refractivity contribution in [2.75, 3.05) is 13.1 Å². The fraction of sp³-hybridized carbons (Fsp3) is 0.450. The number of hydrogen-bond acceptors (Lipinski definition) is 5. The van der Waals surface area contributed by atoms with Gasteiger partial charge in [0.05, 0.1) is 0 Å². The number of carbonyl (C=O) groups excluding carboxylic acids is 1. The van der Waals surface area contributed by atoms with Crippen LogP contribution in [0.2, 0.25) is 0 Å². The lowest BCUT2D eigenvalue weighted by atomic mass is 9.90. The zero-order chi connectivity index (χ0) is 19.5. The van der Waals surface area contributed by atoms with Crippen LogP contribution in [0.4, 0.5) is 0 Å². The van der Waals surface area contributed by atoms with E-state index in [1.807, 2.05) is 17.9 Å². The average Bonchev–Trinajstić information content (AvgIpc) is 3.15. The second-order valence-corrected chi connectivity index (χ2v) is 7.27. The molecule has 8 nitrogen and oxygen atoms in total. The fourth-order valence-electron chi connectivity index (χ4n) is 3.79. The molecule has 0 spiro atoms. The van der Waals surface area contributed by atoms with Crippen LogP contribution in [-0.2, 0) is 24.3 Å². The number of aryl methyl sites for hydroxylation is 1. The highest BCUT2D eigenvalue weighted by Gasteiger charge is 2.23. The molecule has 1 fully saturated rings. The van der Waals surface area contributed by atoms with Crippen molar-refractivity contribution in [1.29, 1.82) is 0 Å². The van der Waals surface area contributed by atoms with Crippen molar-refractivity contribution in [3.05, 3.63) is 52.6 Å². The summed E-state index contributed by atoms with van der Waals surface area (Å²) in [6.45, 7) is 3.94. The molecule has 1 aromatic carbocycles. The van der Waals surface area contributed by atoms with Crippen LogP contribution in [0, 0.1) is 5.92 Å². The van der Waals surface area contributed by atoms with E-state index in [0.717, 1.165) is 32.4 Å². The van der Waals surface area contributed by atoms with Crippen molar-refractivity contribution < 1.29 is 4.79 Å². The Hall–Kier alpha value is -3.03. The third-order valence-electron chi connectivity index (χ3n) is 5.43. The zero-order valence-electron chi connectivity index (χ0n) is 16.0. The van der Waals surface area contributed by atoms with Crippen molar-refractivity contribution in [2.45, 2.75) is 39.3 Å². The van der Waals surface area contributed by atoms with Crippen molar-refractivity contribution in [2.24, 2.45) is 5.92 Å². The summed E-state index contributed by atoms with van der Waals surface area (Å²) in [5.74, 6) is 0.542. The molecule has 146 valence electrons. The van der Waals surface area contributed by atoms with E-state index in [2.05, 4.69) is 39.6 Å². The molecule has 0 N–H and O–H groups in total. The van der Waals surface area contributed by atoms with E-state index >= 15 is 0 Å². The summed E-state index contributed by atoms with van der Waals surface area (Å²) in [6, 6.07) is 10.5. The van der Waals surface area contributed by atoms with Crippen LogP contribution >= 0.6 is 0 Å². The topological polar surface area (TPSA) is 85.9 Å². The normalized spacial score (nSPS) is 15.2. The van der Waals surface area contributed by atoms with Crippen LogP contribution in [0.3, 0.4) is 0 Å². The van der Waals surface area contributed by atoms with Crippen LogP contribution in [-0.4, -0.2) is 48.4 Å². The van der Waals surface area contributed by atoms with E-state index in [0.29, 0.717) is 18.1 Å². The molecular formula is C20H24N6O2. The number of amides is 1. The number of rotatable bonds is 5. The highest BCUT2D eigenvalue weighted by Crippen LogP contribution is 2.21. The Balaban J connectivity index is 1.38. The van der Waals surface area contributed by atoms with Gasteiger partial charge < -0.3 is 4.90 Å². The maximum atomic E-state index is 12.7. The Morgan fingerprint density at radius 1 is 1.18 bits per heavy atom. The molecular weight excluding hydrogens is 356 g/mol. The number of likely N-dealkylation sites (tertiary alicyclic amines) is 1. The number of carbonyl (C=O) groups is 1. The maximum absolute atomic E-state index is 12.7. The first-order valence-electron chi connectivity index (χ1n) is 9.76. The van der Waals surface area contributed by atoms with Gasteiger partial charge in [0, 0.05) is 19.6 Å². The van der Waals surface area contributed by atoms with Crippen molar-refractivity contribution >= 4 is 17.1 Å². The van der Waals surface area contributed by atoms with Gasteiger partial charge in [0.1, 0.15) is 12.9 Å². The highest BCUT2D eigenvalue weighted by molar-refractivity contribution is 5.76. The maximum Gasteiger partial charge on any atom is 0.283 e. The average molecular weight is 380 g/mol. The predicted octanol–water partition coefficient (Wildman–Crippen LogP) is 1.49. The molecule has 2 aromatic heterocycles. The second kappa shape index (κ2) is 7.92. The van der Waals surface area contributed by atoms with Crippen LogP contribution in [0.5, 0.6) is 0 Å². The summed E-state index contributed by atoms with van der Waals surface area (Å²) in [4.78, 5) is 31.4. The van der Waals surface area contributed by atoms with E-state index in [9.17, 15) is 9.59 Å². The lowest BCUT2D eigenvalue weighted by Gasteiger charge is -2.32. The predicted molar refractivity (Wildman–Crippen MR) is 105 cm³/mol. The molecule has 0 saturated carbocycles. The molecule has 0 radical (unpaired) electrons. The van der Waals surface area contributed by atoms with Gasteiger partial charge in [0.25, 0.3) is 5.56 Å². The number of fused-ring (bicyclic) bond motifs is 1. The summed E-state index contributed by atoms with van der Waals surface area (Å²) >= 11 is 0. The summed E-state index contributed by atoms with van der Waals surface area (Å²) in [7, 11) is 0. The van der Waals surface area contributed by atoms with Crippen LogP contribution < -0.4 is 5.56 Å². The van der Waals surface area contributed by atoms with Crippen LogP contribution in [0.25, 0.3) is 11.2 Å². The van der Waals surface area contributed by atoms with Gasteiger partial charge in [-0.3, -0.25) is 14.2 Å². The zero-order valence-corrected chi connectivity index (χ0v) is 16.0. The minimum Gasteiger partial charge on any atom is -0.341 e. The lowest BCUT2D eigenvalue weighted by molar-refractivity contribution is -0.133. The molecule has 1 aliphatic heterocycles. The number of nitrogens with zero attached hydrogens (tertiary/aromatic N) is 6. The van der Waals surface area contributed by atoms with Gasteiger partial charge >= 0.3 is 0 Å². The fourth-order valence-corrected chi connectivity index (χ4v) is 3.79. The van der Waals surface area contributed by atoms with Gasteiger partial charge in [-0.05, 0) is 37.7 Å². The van der Waals surface area contributed by atoms with Crippen molar-refractivity contribution in [3.8, 4) is 0 Å². The Bertz CT molecular complexity index is 1020. The summed E-state index contributed by atoms with van der Waals surface area (Å²) < 4.78 is 2.90. The Morgan fingerprint density at radius 2 is 1.93 bits per heavy atom. The quantitative estimate of drug-likeness (QED) is 0.669. The first-order chi connectivity index (χ1) is 13.7. The minimum absolute atomic E-state index is 0.00981. The van der Waals surface area contributed by atoms with Gasteiger partial charge in [-0.15, -0.1) is 5.10 Å². The van der Waals surface area contributed by atoms with Crippen LogP contribution in [0.15, 0.2) is 41.5 Å². The second-order valence-electron chi connectivity index (χ2n) is 7.27. The highest BCUT2D eigenvalue weighted by atomic mass is 16.2. The van der Waals surface area contributed by atoms with E-state index in [1.54, 1.807) is 4.68 Å². The largest absolute Gasteiger partial charge is 0.341 e. The smallest absolute Gasteiger partial charge is 0.283 e. The first kappa shape index (κ1) is 18.3. The molecule has 0 bridgehead atoms. The summed E-state index contributed by atoms with van der Waals surface area (Å²) in [5.41, 5.74) is 1.69. The number of benzene rings is 1. The lowest BCUT2D eigenvalue weighted by Crippen LogP contribution is -2.42. The number of piperidine rings is 1. The molecule has 4 rings (SSSR count). The van der Waals surface area contributed by atoms with Gasteiger partial charge in [-0.25, -0.2) is 9.67 Å². The Morgan fingerprint density at radius 3 is 2.64 bits per heavy atom. The van der Waals surface area contributed by atoms with Gasteiger partial charge in [0.2, 0.25) is 5.91 Å². The van der Waals surface area contributed by atoms with E-state index in [4.69, 9.17) is 0 Å². The standard InChI is InChI=1S/C20H24N6O2/c1-2-26-19-18(22-23-26)20(28)25(14-21-19)13-17(27)24-10-8-16(9-11-24)12-15-6-4-3-5-7-15/h3-7,14,16H,2,8-13H2,1H3. The van der Waals surface area contributed by atoms with Crippen molar-refractivity contribution in [1.82, 2.24) is 29.4 Å². The molecule has 3 heterocycles. The number of aromatic nitrogens is 5. The van der Waals surface area contributed by atoms with Gasteiger partial charge in [-0.1, -0.05) is 35.5 Å². The molecule has 1 saturated heterocycles. The third-order valence-corrected chi connectivity index (χ3v) is 5.43.